The Hall–Kier alpha value is -1.58. The van der Waals surface area contributed by atoms with Crippen LogP contribution >= 0.6 is 0 Å². The van der Waals surface area contributed by atoms with E-state index in [2.05, 4.69) is 38.2 Å². The molecule has 0 saturated heterocycles. The second-order valence-electron chi connectivity index (χ2n) is 16.3. The number of carbonyl (C=O) groups excluding carboxylic acids is 1. The zero-order valence-electron chi connectivity index (χ0n) is 35.8. The lowest BCUT2D eigenvalue weighted by molar-refractivity contribution is -0.150. The van der Waals surface area contributed by atoms with E-state index in [1.54, 1.807) is 0 Å². The Kier molecular flexibility index (Phi) is 43.5. The minimum absolute atomic E-state index is 0.00463. The van der Waals surface area contributed by atoms with Crippen molar-refractivity contribution in [3.05, 3.63) is 24.3 Å². The Morgan fingerprint density at radius 1 is 0.415 bits per heavy atom. The highest BCUT2D eigenvalue weighted by Crippen LogP contribution is 2.19. The number of hydrogen-bond donors (Lipinski definition) is 1. The second kappa shape index (κ2) is 44.8. The minimum atomic E-state index is -0.697. The molecular formula is C49H92O4. The molecule has 1 atom stereocenters. The van der Waals surface area contributed by atoms with E-state index in [1.165, 1.54) is 173 Å². The molecule has 0 amide bonds. The summed E-state index contributed by atoms with van der Waals surface area (Å²) in [6, 6.07) is 0. The lowest BCUT2D eigenvalue weighted by Crippen LogP contribution is -2.18. The van der Waals surface area contributed by atoms with Gasteiger partial charge in [0.05, 0.1) is 0 Å². The van der Waals surface area contributed by atoms with Gasteiger partial charge in [-0.3, -0.25) is 9.59 Å². The van der Waals surface area contributed by atoms with E-state index in [0.717, 1.165) is 70.6 Å². The first-order chi connectivity index (χ1) is 26.1. The highest BCUT2D eigenvalue weighted by atomic mass is 16.5. The Bertz CT molecular complexity index is 802. The van der Waals surface area contributed by atoms with Gasteiger partial charge in [0.1, 0.15) is 6.10 Å². The van der Waals surface area contributed by atoms with Crippen molar-refractivity contribution in [3.63, 3.8) is 0 Å². The summed E-state index contributed by atoms with van der Waals surface area (Å²) in [5.74, 6) is -0.692. The van der Waals surface area contributed by atoms with Crippen LogP contribution in [-0.4, -0.2) is 23.1 Å². The predicted octanol–water partition coefficient (Wildman–Crippen LogP) is 16.7. The Morgan fingerprint density at radius 2 is 0.736 bits per heavy atom. The molecule has 4 nitrogen and oxygen atoms in total. The fourth-order valence-corrected chi connectivity index (χ4v) is 7.39. The molecule has 0 aliphatic carbocycles. The Morgan fingerprint density at radius 3 is 1.15 bits per heavy atom. The van der Waals surface area contributed by atoms with Gasteiger partial charge in [-0.1, -0.05) is 212 Å². The molecule has 4 heteroatoms. The van der Waals surface area contributed by atoms with Gasteiger partial charge in [0.2, 0.25) is 0 Å². The molecule has 0 aromatic carbocycles. The normalized spacial score (nSPS) is 12.3. The number of carbonyl (C=O) groups is 2. The fourth-order valence-electron chi connectivity index (χ4n) is 7.39. The number of allylic oxidation sites excluding steroid dienone is 4. The van der Waals surface area contributed by atoms with E-state index in [-0.39, 0.29) is 18.5 Å². The topological polar surface area (TPSA) is 63.6 Å². The van der Waals surface area contributed by atoms with Crippen LogP contribution in [0, 0.1) is 0 Å². The molecule has 312 valence electrons. The SMILES string of the molecule is CCCCC/C=C\C/C=C\CCCCCCCCCCCC(=O)OC(CCCCCCCCCCCCCCCCCC)CCCCCCCC(=O)O. The smallest absolute Gasteiger partial charge is 0.306 e. The van der Waals surface area contributed by atoms with E-state index in [9.17, 15) is 9.59 Å². The summed E-state index contributed by atoms with van der Waals surface area (Å²) in [7, 11) is 0. The minimum Gasteiger partial charge on any atom is -0.481 e. The van der Waals surface area contributed by atoms with E-state index in [4.69, 9.17) is 9.84 Å². The molecule has 0 heterocycles. The number of carboxylic acids is 1. The van der Waals surface area contributed by atoms with Crippen LogP contribution in [0.15, 0.2) is 24.3 Å². The molecule has 0 fully saturated rings. The third-order valence-corrected chi connectivity index (χ3v) is 10.9. The molecule has 0 aromatic rings. The van der Waals surface area contributed by atoms with Gasteiger partial charge in [0.25, 0.3) is 0 Å². The van der Waals surface area contributed by atoms with Gasteiger partial charge in [0, 0.05) is 12.8 Å². The standard InChI is InChI=1S/C49H92O4/c1-3-5-7-9-11-13-15-17-19-21-22-23-25-27-29-31-33-38-42-46-49(52)53-47(44-40-36-34-37-41-45-48(50)51)43-39-35-32-30-28-26-24-20-18-16-14-12-10-8-6-4-2/h11,13,17,19,47H,3-10,12,14-16,18,20-46H2,1-2H3,(H,50,51)/b13-11-,19-17-. The van der Waals surface area contributed by atoms with Crippen LogP contribution < -0.4 is 0 Å². The zero-order chi connectivity index (χ0) is 38.6. The van der Waals surface area contributed by atoms with E-state index in [0.29, 0.717) is 6.42 Å². The molecule has 0 spiro atoms. The first kappa shape index (κ1) is 51.4. The lowest BCUT2D eigenvalue weighted by atomic mass is 10.0. The average Bonchev–Trinajstić information content (AvgIpc) is 3.14. The number of carboxylic acid groups (broad SMARTS) is 1. The third-order valence-electron chi connectivity index (χ3n) is 10.9. The van der Waals surface area contributed by atoms with Crippen LogP contribution in [0.1, 0.15) is 271 Å². The van der Waals surface area contributed by atoms with Crippen LogP contribution in [0.2, 0.25) is 0 Å². The van der Waals surface area contributed by atoms with E-state index >= 15 is 0 Å². The Labute approximate surface area is 331 Å². The van der Waals surface area contributed by atoms with Gasteiger partial charge in [-0.15, -0.1) is 0 Å². The molecule has 0 bridgehead atoms. The van der Waals surface area contributed by atoms with Crippen molar-refractivity contribution in [2.75, 3.05) is 0 Å². The first-order valence-corrected chi connectivity index (χ1v) is 23.8. The monoisotopic (exact) mass is 745 g/mol. The molecule has 1 N–H and O–H groups in total. The highest BCUT2D eigenvalue weighted by Gasteiger charge is 2.14. The lowest BCUT2D eigenvalue weighted by Gasteiger charge is -2.18. The molecule has 53 heavy (non-hydrogen) atoms. The number of rotatable bonds is 44. The van der Waals surface area contributed by atoms with Crippen molar-refractivity contribution in [2.45, 2.75) is 277 Å². The van der Waals surface area contributed by atoms with Crippen molar-refractivity contribution in [3.8, 4) is 0 Å². The molecule has 0 saturated carbocycles. The summed E-state index contributed by atoms with van der Waals surface area (Å²) in [6.07, 6.45) is 57.9. The second-order valence-corrected chi connectivity index (χ2v) is 16.3. The summed E-state index contributed by atoms with van der Waals surface area (Å²) >= 11 is 0. The van der Waals surface area contributed by atoms with Crippen molar-refractivity contribution >= 4 is 11.9 Å². The number of hydrogen-bond acceptors (Lipinski definition) is 3. The predicted molar refractivity (Wildman–Crippen MR) is 232 cm³/mol. The summed E-state index contributed by atoms with van der Waals surface area (Å²) in [5.41, 5.74) is 0. The number of aliphatic carboxylic acids is 1. The summed E-state index contributed by atoms with van der Waals surface area (Å²) in [5, 5.41) is 8.86. The molecular weight excluding hydrogens is 653 g/mol. The summed E-state index contributed by atoms with van der Waals surface area (Å²) in [6.45, 7) is 4.55. The molecule has 0 aromatic heterocycles. The van der Waals surface area contributed by atoms with Crippen molar-refractivity contribution in [2.24, 2.45) is 0 Å². The Balaban J connectivity index is 3.96. The van der Waals surface area contributed by atoms with Crippen LogP contribution in [0.3, 0.4) is 0 Å². The summed E-state index contributed by atoms with van der Waals surface area (Å²) in [4.78, 5) is 23.5. The van der Waals surface area contributed by atoms with Gasteiger partial charge < -0.3 is 9.84 Å². The fraction of sp³-hybridized carbons (Fsp3) is 0.878. The maximum Gasteiger partial charge on any atom is 0.306 e. The van der Waals surface area contributed by atoms with Crippen LogP contribution in [0.5, 0.6) is 0 Å². The van der Waals surface area contributed by atoms with Crippen molar-refractivity contribution in [1.82, 2.24) is 0 Å². The van der Waals surface area contributed by atoms with E-state index in [1.807, 2.05) is 0 Å². The quantitative estimate of drug-likeness (QED) is 0.0383. The largest absolute Gasteiger partial charge is 0.481 e. The molecule has 0 radical (unpaired) electrons. The number of unbranched alkanes of at least 4 members (excludes halogenated alkanes) is 31. The van der Waals surface area contributed by atoms with Crippen LogP contribution in [0.25, 0.3) is 0 Å². The van der Waals surface area contributed by atoms with Crippen LogP contribution in [-0.2, 0) is 14.3 Å². The van der Waals surface area contributed by atoms with Crippen LogP contribution in [0.4, 0.5) is 0 Å². The average molecular weight is 745 g/mol. The maximum absolute atomic E-state index is 12.8. The van der Waals surface area contributed by atoms with Gasteiger partial charge in [-0.05, 0) is 70.6 Å². The number of esters is 1. The highest BCUT2D eigenvalue weighted by molar-refractivity contribution is 5.69. The number of ether oxygens (including phenoxy) is 1. The maximum atomic E-state index is 12.8. The zero-order valence-corrected chi connectivity index (χ0v) is 35.8. The molecule has 0 rings (SSSR count). The van der Waals surface area contributed by atoms with Gasteiger partial charge >= 0.3 is 11.9 Å². The van der Waals surface area contributed by atoms with Crippen molar-refractivity contribution < 1.29 is 19.4 Å². The van der Waals surface area contributed by atoms with E-state index < -0.39 is 5.97 Å². The van der Waals surface area contributed by atoms with Gasteiger partial charge in [-0.2, -0.15) is 0 Å². The van der Waals surface area contributed by atoms with Gasteiger partial charge in [-0.25, -0.2) is 0 Å². The molecule has 0 aliphatic heterocycles. The molecule has 0 aliphatic rings. The third kappa shape index (κ3) is 44.7. The first-order valence-electron chi connectivity index (χ1n) is 23.8. The van der Waals surface area contributed by atoms with Gasteiger partial charge in [0.15, 0.2) is 0 Å². The molecule has 1 unspecified atom stereocenters. The summed E-state index contributed by atoms with van der Waals surface area (Å²) < 4.78 is 6.05. The van der Waals surface area contributed by atoms with Crippen molar-refractivity contribution in [1.29, 1.82) is 0 Å².